The molecule has 4 nitrogen and oxygen atoms in total. The van der Waals surface area contributed by atoms with E-state index in [1.165, 1.54) is 12.1 Å². The van der Waals surface area contributed by atoms with Crippen LogP contribution in [0.15, 0.2) is 18.2 Å². The molecule has 0 radical (unpaired) electrons. The number of aliphatic hydroxyl groups excluding tert-OH is 1. The summed E-state index contributed by atoms with van der Waals surface area (Å²) >= 11 is 0. The Balaban J connectivity index is 2.57. The lowest BCUT2D eigenvalue weighted by Gasteiger charge is -2.27. The second-order valence-electron chi connectivity index (χ2n) is 4.84. The van der Waals surface area contributed by atoms with E-state index in [1.807, 2.05) is 13.8 Å². The fourth-order valence-electron chi connectivity index (χ4n) is 1.48. The molecule has 19 heavy (non-hydrogen) atoms. The Kier molecular flexibility index (Phi) is 5.30. The molecule has 1 atom stereocenters. The maximum atomic E-state index is 13.4. The third-order valence-corrected chi connectivity index (χ3v) is 3.02. The summed E-state index contributed by atoms with van der Waals surface area (Å²) in [6.45, 7) is 4.96. The van der Waals surface area contributed by atoms with Gasteiger partial charge in [-0.25, -0.2) is 4.39 Å². The number of carbonyl (C=O) groups excluding carboxylic acids is 1. The minimum absolute atomic E-state index is 0.0531. The molecule has 0 heterocycles. The molecule has 0 unspecified atom stereocenters. The first kappa shape index (κ1) is 15.4. The largest absolute Gasteiger partial charge is 0.481 e. The molecule has 0 fully saturated rings. The molecular weight excluding hydrogens is 249 g/mol. The molecule has 1 amide bonds. The number of nitrogens with one attached hydrogen (secondary N) is 1. The van der Waals surface area contributed by atoms with Crippen LogP contribution in [0.2, 0.25) is 0 Å². The van der Waals surface area contributed by atoms with E-state index in [9.17, 15) is 14.3 Å². The summed E-state index contributed by atoms with van der Waals surface area (Å²) in [5.74, 6) is -0.838. The van der Waals surface area contributed by atoms with Crippen molar-refractivity contribution in [3.05, 3.63) is 29.6 Å². The van der Waals surface area contributed by atoms with E-state index in [0.717, 1.165) is 5.56 Å². The first-order valence-corrected chi connectivity index (χ1v) is 6.21. The molecule has 0 bridgehead atoms. The van der Waals surface area contributed by atoms with Crippen LogP contribution in [-0.2, 0) is 4.79 Å². The summed E-state index contributed by atoms with van der Waals surface area (Å²) < 4.78 is 18.5. The summed E-state index contributed by atoms with van der Waals surface area (Å²) in [4.78, 5) is 11.7. The zero-order valence-electron chi connectivity index (χ0n) is 11.5. The number of halogens is 1. The Labute approximate surface area is 112 Å². The van der Waals surface area contributed by atoms with E-state index in [1.54, 1.807) is 13.0 Å². The molecule has 0 aliphatic carbocycles. The van der Waals surface area contributed by atoms with Gasteiger partial charge in [0, 0.05) is 0 Å². The lowest BCUT2D eigenvalue weighted by atomic mass is 10.0. The van der Waals surface area contributed by atoms with Gasteiger partial charge in [-0.05, 0) is 38.0 Å². The number of benzene rings is 1. The lowest BCUT2D eigenvalue weighted by Crippen LogP contribution is -2.50. The molecule has 1 aromatic carbocycles. The SMILES string of the molecule is CC[C@](C)(CO)NC(=O)COc1cc(C)ccc1F. The highest BCUT2D eigenvalue weighted by Crippen LogP contribution is 2.18. The van der Waals surface area contributed by atoms with Crippen LogP contribution < -0.4 is 10.1 Å². The summed E-state index contributed by atoms with van der Waals surface area (Å²) in [5.41, 5.74) is 0.177. The number of amides is 1. The number of hydrogen-bond donors (Lipinski definition) is 2. The quantitative estimate of drug-likeness (QED) is 0.827. The van der Waals surface area contributed by atoms with E-state index in [4.69, 9.17) is 4.74 Å². The standard InChI is InChI=1S/C14H20FNO3/c1-4-14(3,9-17)16-13(18)8-19-12-7-10(2)5-6-11(12)15/h5-7,17H,4,8-9H2,1-3H3,(H,16,18)/t14-/m1/s1. The Morgan fingerprint density at radius 1 is 1.53 bits per heavy atom. The van der Waals surface area contributed by atoms with Crippen molar-refractivity contribution in [2.24, 2.45) is 0 Å². The molecular formula is C14H20FNO3. The first-order valence-electron chi connectivity index (χ1n) is 6.21. The first-order chi connectivity index (χ1) is 8.90. The monoisotopic (exact) mass is 269 g/mol. The average molecular weight is 269 g/mol. The Morgan fingerprint density at radius 2 is 2.21 bits per heavy atom. The second kappa shape index (κ2) is 6.52. The lowest BCUT2D eigenvalue weighted by molar-refractivity contribution is -0.125. The van der Waals surface area contributed by atoms with E-state index in [-0.39, 0.29) is 24.9 Å². The number of ether oxygens (including phenoxy) is 1. The fraction of sp³-hybridized carbons (Fsp3) is 0.500. The van der Waals surface area contributed by atoms with Crippen LogP contribution >= 0.6 is 0 Å². The van der Waals surface area contributed by atoms with Crippen molar-refractivity contribution in [2.75, 3.05) is 13.2 Å². The van der Waals surface area contributed by atoms with Gasteiger partial charge in [0.15, 0.2) is 18.2 Å². The topological polar surface area (TPSA) is 58.6 Å². The van der Waals surface area contributed by atoms with Gasteiger partial charge in [0.1, 0.15) is 0 Å². The molecule has 0 aromatic heterocycles. The van der Waals surface area contributed by atoms with E-state index in [2.05, 4.69) is 5.32 Å². The number of carbonyl (C=O) groups is 1. The smallest absolute Gasteiger partial charge is 0.258 e. The minimum atomic E-state index is -0.675. The van der Waals surface area contributed by atoms with Crippen LogP contribution in [-0.4, -0.2) is 29.8 Å². The number of aliphatic hydroxyl groups is 1. The Bertz CT molecular complexity index is 444. The molecule has 5 heteroatoms. The molecule has 0 aliphatic heterocycles. The van der Waals surface area contributed by atoms with Gasteiger partial charge in [0.25, 0.3) is 5.91 Å². The highest BCUT2D eigenvalue weighted by Gasteiger charge is 2.23. The second-order valence-corrected chi connectivity index (χ2v) is 4.84. The number of hydrogen-bond acceptors (Lipinski definition) is 3. The summed E-state index contributed by atoms with van der Waals surface area (Å²) in [6, 6.07) is 4.46. The number of aryl methyl sites for hydroxylation is 1. The molecule has 0 saturated heterocycles. The summed E-state index contributed by atoms with van der Waals surface area (Å²) in [7, 11) is 0. The van der Waals surface area contributed by atoms with Gasteiger partial charge in [-0.3, -0.25) is 4.79 Å². The van der Waals surface area contributed by atoms with Crippen molar-refractivity contribution >= 4 is 5.91 Å². The van der Waals surface area contributed by atoms with Crippen LogP contribution in [0.25, 0.3) is 0 Å². The van der Waals surface area contributed by atoms with Crippen LogP contribution in [0.4, 0.5) is 4.39 Å². The van der Waals surface area contributed by atoms with E-state index in [0.29, 0.717) is 6.42 Å². The molecule has 0 spiro atoms. The Morgan fingerprint density at radius 3 is 2.79 bits per heavy atom. The predicted octanol–water partition coefficient (Wildman–Crippen LogP) is 1.79. The molecule has 0 saturated carbocycles. The molecule has 1 rings (SSSR count). The highest BCUT2D eigenvalue weighted by molar-refractivity contribution is 5.78. The van der Waals surface area contributed by atoms with Crippen molar-refractivity contribution < 1.29 is 19.0 Å². The van der Waals surface area contributed by atoms with Crippen LogP contribution in [0.1, 0.15) is 25.8 Å². The average Bonchev–Trinajstić information content (AvgIpc) is 2.39. The van der Waals surface area contributed by atoms with Gasteiger partial charge in [-0.15, -0.1) is 0 Å². The number of rotatable bonds is 6. The van der Waals surface area contributed by atoms with Gasteiger partial charge in [-0.2, -0.15) is 0 Å². The van der Waals surface area contributed by atoms with E-state index >= 15 is 0 Å². The van der Waals surface area contributed by atoms with Crippen molar-refractivity contribution in [1.29, 1.82) is 0 Å². The van der Waals surface area contributed by atoms with Crippen LogP contribution in [0, 0.1) is 12.7 Å². The zero-order valence-corrected chi connectivity index (χ0v) is 11.5. The van der Waals surface area contributed by atoms with Gasteiger partial charge >= 0.3 is 0 Å². The van der Waals surface area contributed by atoms with Gasteiger partial charge < -0.3 is 15.2 Å². The molecule has 106 valence electrons. The van der Waals surface area contributed by atoms with Crippen LogP contribution in [0.5, 0.6) is 5.75 Å². The molecule has 0 aliphatic rings. The van der Waals surface area contributed by atoms with Crippen molar-refractivity contribution in [2.45, 2.75) is 32.7 Å². The minimum Gasteiger partial charge on any atom is -0.481 e. The van der Waals surface area contributed by atoms with Gasteiger partial charge in [-0.1, -0.05) is 13.0 Å². The third kappa shape index (κ3) is 4.52. The predicted molar refractivity (Wildman–Crippen MR) is 70.6 cm³/mol. The maximum Gasteiger partial charge on any atom is 0.258 e. The normalized spacial score (nSPS) is 13.7. The van der Waals surface area contributed by atoms with E-state index < -0.39 is 11.4 Å². The highest BCUT2D eigenvalue weighted by atomic mass is 19.1. The van der Waals surface area contributed by atoms with Crippen molar-refractivity contribution in [1.82, 2.24) is 5.32 Å². The molecule has 2 N–H and O–H groups in total. The van der Waals surface area contributed by atoms with Crippen molar-refractivity contribution in [3.63, 3.8) is 0 Å². The third-order valence-electron chi connectivity index (χ3n) is 3.02. The van der Waals surface area contributed by atoms with Crippen molar-refractivity contribution in [3.8, 4) is 5.75 Å². The Hall–Kier alpha value is -1.62. The summed E-state index contributed by atoms with van der Waals surface area (Å²) in [5, 5.41) is 11.8. The van der Waals surface area contributed by atoms with Gasteiger partial charge in [0.05, 0.1) is 12.1 Å². The summed E-state index contributed by atoms with van der Waals surface area (Å²) in [6.07, 6.45) is 0.591. The zero-order chi connectivity index (χ0) is 14.5. The van der Waals surface area contributed by atoms with Gasteiger partial charge in [0.2, 0.25) is 0 Å². The van der Waals surface area contributed by atoms with Crippen LogP contribution in [0.3, 0.4) is 0 Å². The fourth-order valence-corrected chi connectivity index (χ4v) is 1.48. The molecule has 1 aromatic rings. The maximum absolute atomic E-state index is 13.4.